The highest BCUT2D eigenvalue weighted by Crippen LogP contribution is 2.46. The Morgan fingerprint density at radius 1 is 0.362 bits per heavy atom. The fourth-order valence-corrected chi connectivity index (χ4v) is 9.02. The first kappa shape index (κ1) is 32.4. The van der Waals surface area contributed by atoms with E-state index in [0.29, 0.717) is 0 Å². The van der Waals surface area contributed by atoms with Gasteiger partial charge in [-0.25, -0.2) is 0 Å². The van der Waals surface area contributed by atoms with Crippen molar-refractivity contribution >= 4 is 82.7 Å². The first-order chi connectivity index (χ1) is 28.8. The van der Waals surface area contributed by atoms with E-state index in [4.69, 9.17) is 8.83 Å². The molecule has 0 aliphatic carbocycles. The minimum absolute atomic E-state index is 0.852. The first-order valence-corrected chi connectivity index (χ1v) is 19.7. The molecule has 0 aliphatic rings. The van der Waals surface area contributed by atoms with Crippen molar-refractivity contribution in [2.24, 2.45) is 0 Å². The van der Waals surface area contributed by atoms with E-state index >= 15 is 0 Å². The van der Waals surface area contributed by atoms with E-state index in [1.54, 1.807) is 0 Å². The summed E-state index contributed by atoms with van der Waals surface area (Å²) in [6, 6.07) is 73.1. The third kappa shape index (κ3) is 4.95. The molecule has 0 fully saturated rings. The fourth-order valence-electron chi connectivity index (χ4n) is 9.02. The van der Waals surface area contributed by atoms with Crippen molar-refractivity contribution in [1.29, 1.82) is 0 Å². The third-order valence-electron chi connectivity index (χ3n) is 11.6. The summed E-state index contributed by atoms with van der Waals surface area (Å²) >= 11 is 0. The van der Waals surface area contributed by atoms with Crippen LogP contribution >= 0.6 is 0 Å². The smallest absolute Gasteiger partial charge is 0.213 e. The molecule has 9 aromatic carbocycles. The van der Waals surface area contributed by atoms with Gasteiger partial charge < -0.3 is 13.7 Å². The summed E-state index contributed by atoms with van der Waals surface area (Å²) in [5, 5.41) is 8.07. The number of nitrogens with zero attached hydrogens (tertiary/aromatic N) is 2. The van der Waals surface area contributed by atoms with E-state index in [1.807, 2.05) is 18.2 Å². The van der Waals surface area contributed by atoms with Crippen molar-refractivity contribution in [2.75, 3.05) is 4.90 Å². The molecule has 0 bridgehead atoms. The molecule has 0 N–H and O–H groups in total. The number of hydrogen-bond donors (Lipinski definition) is 0. The highest BCUT2D eigenvalue weighted by molar-refractivity contribution is 6.22. The molecule has 12 aromatic rings. The maximum absolute atomic E-state index is 6.63. The molecular formula is C54H34N2O2. The lowest BCUT2D eigenvalue weighted by Crippen LogP contribution is -2.10. The average Bonchev–Trinajstić information content (AvgIpc) is 3.96. The number of aromatic nitrogens is 1. The van der Waals surface area contributed by atoms with Crippen LogP contribution in [0.4, 0.5) is 17.1 Å². The monoisotopic (exact) mass is 742 g/mol. The summed E-state index contributed by atoms with van der Waals surface area (Å²) in [5.74, 6) is 0. The predicted octanol–water partition coefficient (Wildman–Crippen LogP) is 15.4. The van der Waals surface area contributed by atoms with Crippen LogP contribution in [-0.4, -0.2) is 4.57 Å². The summed E-state index contributed by atoms with van der Waals surface area (Å²) in [5.41, 5.74) is 13.5. The van der Waals surface area contributed by atoms with Crippen LogP contribution in [0.3, 0.4) is 0 Å². The molecule has 58 heavy (non-hydrogen) atoms. The van der Waals surface area contributed by atoms with Crippen LogP contribution in [0.2, 0.25) is 0 Å². The SMILES string of the molecule is c1ccc(-n2c3oc4ccccc4c3c3cccc(-c4ccc(N(c5ccc(-c6cccc7ccccc67)cc5)c5cccc6oc7ccccc7c56)cc4)c32)cc1. The van der Waals surface area contributed by atoms with Crippen LogP contribution in [0.5, 0.6) is 0 Å². The Morgan fingerprint density at radius 2 is 0.897 bits per heavy atom. The molecule has 0 aliphatic heterocycles. The second-order valence-electron chi connectivity index (χ2n) is 14.9. The second kappa shape index (κ2) is 12.9. The summed E-state index contributed by atoms with van der Waals surface area (Å²) in [7, 11) is 0. The van der Waals surface area contributed by atoms with Crippen LogP contribution in [0.1, 0.15) is 0 Å². The Kier molecular flexibility index (Phi) is 7.20. The molecule has 3 heterocycles. The predicted molar refractivity (Wildman–Crippen MR) is 241 cm³/mol. The molecular weight excluding hydrogens is 709 g/mol. The Morgan fingerprint density at radius 3 is 1.66 bits per heavy atom. The van der Waals surface area contributed by atoms with Gasteiger partial charge in [0.25, 0.3) is 0 Å². The largest absolute Gasteiger partial charge is 0.456 e. The normalized spacial score (nSPS) is 11.8. The molecule has 4 heteroatoms. The highest BCUT2D eigenvalue weighted by Gasteiger charge is 2.23. The van der Waals surface area contributed by atoms with Gasteiger partial charge in [0.05, 0.1) is 22.0 Å². The first-order valence-electron chi connectivity index (χ1n) is 19.7. The van der Waals surface area contributed by atoms with Gasteiger partial charge in [0.1, 0.15) is 16.7 Å². The number of para-hydroxylation sites is 4. The molecule has 0 saturated heterocycles. The molecule has 3 aromatic heterocycles. The number of anilines is 3. The zero-order valence-corrected chi connectivity index (χ0v) is 31.3. The molecule has 0 radical (unpaired) electrons. The lowest BCUT2D eigenvalue weighted by Gasteiger charge is -2.27. The van der Waals surface area contributed by atoms with Crippen LogP contribution < -0.4 is 4.90 Å². The topological polar surface area (TPSA) is 34.5 Å². The van der Waals surface area contributed by atoms with Gasteiger partial charge in [-0.05, 0) is 88.1 Å². The molecule has 272 valence electrons. The Hall–Kier alpha value is -7.82. The van der Waals surface area contributed by atoms with Gasteiger partial charge in [-0.3, -0.25) is 4.57 Å². The van der Waals surface area contributed by atoms with Crippen molar-refractivity contribution in [3.63, 3.8) is 0 Å². The number of rotatable bonds is 6. The van der Waals surface area contributed by atoms with Gasteiger partial charge in [0, 0.05) is 38.8 Å². The Balaban J connectivity index is 1.04. The van der Waals surface area contributed by atoms with Gasteiger partial charge in [-0.2, -0.15) is 0 Å². The Labute approximate surface area is 334 Å². The second-order valence-corrected chi connectivity index (χ2v) is 14.9. The number of benzene rings is 9. The molecule has 0 unspecified atom stereocenters. The lowest BCUT2D eigenvalue weighted by molar-refractivity contribution is 0.645. The summed E-state index contributed by atoms with van der Waals surface area (Å²) in [6.45, 7) is 0. The standard InChI is InChI=1S/C54H34N2O2/c1-2-15-38(16-3-1)56-53-43(21-11-22-46(53)51-44-18-6-9-25-49(44)58-54(51)56)37-29-33-40(34-30-37)55(47-23-12-26-50-52(47)45-19-7-8-24-48(45)57-50)39-31-27-36(28-32-39)42-20-10-14-35-13-4-5-17-41(35)42/h1-34H. The van der Waals surface area contributed by atoms with Crippen molar-refractivity contribution in [2.45, 2.75) is 0 Å². The minimum Gasteiger partial charge on any atom is -0.456 e. The van der Waals surface area contributed by atoms with Gasteiger partial charge in [-0.1, -0.05) is 146 Å². The lowest BCUT2D eigenvalue weighted by atomic mass is 9.98. The molecule has 4 nitrogen and oxygen atoms in total. The maximum atomic E-state index is 6.63. The highest BCUT2D eigenvalue weighted by atomic mass is 16.3. The van der Waals surface area contributed by atoms with E-state index in [1.165, 1.54) is 21.9 Å². The summed E-state index contributed by atoms with van der Waals surface area (Å²) < 4.78 is 15.3. The maximum Gasteiger partial charge on any atom is 0.213 e. The molecule has 0 atom stereocenters. The van der Waals surface area contributed by atoms with Gasteiger partial charge in [0.15, 0.2) is 0 Å². The van der Waals surface area contributed by atoms with Crippen molar-refractivity contribution in [3.05, 3.63) is 206 Å². The van der Waals surface area contributed by atoms with Gasteiger partial charge in [0.2, 0.25) is 5.71 Å². The van der Waals surface area contributed by atoms with Gasteiger partial charge in [-0.15, -0.1) is 0 Å². The van der Waals surface area contributed by atoms with Crippen molar-refractivity contribution in [3.8, 4) is 27.9 Å². The van der Waals surface area contributed by atoms with E-state index in [9.17, 15) is 0 Å². The zero-order chi connectivity index (χ0) is 38.2. The van der Waals surface area contributed by atoms with Gasteiger partial charge >= 0.3 is 0 Å². The van der Waals surface area contributed by atoms with E-state index in [0.717, 1.165) is 88.8 Å². The van der Waals surface area contributed by atoms with E-state index < -0.39 is 0 Å². The molecule has 0 spiro atoms. The minimum atomic E-state index is 0.852. The van der Waals surface area contributed by atoms with Crippen LogP contribution in [-0.2, 0) is 0 Å². The van der Waals surface area contributed by atoms with Crippen LogP contribution in [0, 0.1) is 0 Å². The molecule has 12 rings (SSSR count). The van der Waals surface area contributed by atoms with Crippen molar-refractivity contribution < 1.29 is 8.83 Å². The zero-order valence-electron chi connectivity index (χ0n) is 31.3. The van der Waals surface area contributed by atoms with Crippen molar-refractivity contribution in [1.82, 2.24) is 4.57 Å². The quantitative estimate of drug-likeness (QED) is 0.170. The number of fused-ring (bicyclic) bond motifs is 9. The molecule has 0 saturated carbocycles. The molecule has 0 amide bonds. The average molecular weight is 743 g/mol. The summed E-state index contributed by atoms with van der Waals surface area (Å²) in [6.07, 6.45) is 0. The Bertz CT molecular complexity index is 3490. The van der Waals surface area contributed by atoms with Crippen LogP contribution in [0.25, 0.3) is 93.6 Å². The van der Waals surface area contributed by atoms with E-state index in [2.05, 4.69) is 198 Å². The van der Waals surface area contributed by atoms with E-state index in [-0.39, 0.29) is 0 Å². The number of furan rings is 2. The summed E-state index contributed by atoms with van der Waals surface area (Å²) in [4.78, 5) is 2.35. The fraction of sp³-hybridized carbons (Fsp3) is 0. The number of hydrogen-bond acceptors (Lipinski definition) is 3. The van der Waals surface area contributed by atoms with Crippen LogP contribution in [0.15, 0.2) is 215 Å². The third-order valence-corrected chi connectivity index (χ3v) is 11.6.